The number of nitrogens with one attached hydrogen (secondary N) is 2. The van der Waals surface area contributed by atoms with Crippen LogP contribution < -0.4 is 10.6 Å². The quantitative estimate of drug-likeness (QED) is 0.780. The van der Waals surface area contributed by atoms with Gasteiger partial charge in [-0.05, 0) is 49.9 Å². The third-order valence-corrected chi connectivity index (χ3v) is 5.25. The van der Waals surface area contributed by atoms with Crippen LogP contribution in [0.1, 0.15) is 36.8 Å². The Labute approximate surface area is 156 Å². The Kier molecular flexibility index (Phi) is 5.92. The minimum Gasteiger partial charge on any atom is -0.411 e. The molecule has 3 rings (SSSR count). The Morgan fingerprint density at radius 3 is 2.69 bits per heavy atom. The minimum absolute atomic E-state index is 0.0344. The molecule has 0 aliphatic heterocycles. The maximum atomic E-state index is 11.9. The van der Waals surface area contributed by atoms with Crippen LogP contribution in [0.25, 0.3) is 11.5 Å². The van der Waals surface area contributed by atoms with Crippen LogP contribution in [-0.4, -0.2) is 33.9 Å². The molecule has 1 aliphatic carbocycles. The van der Waals surface area contributed by atoms with E-state index >= 15 is 0 Å². The molecule has 2 N–H and O–H groups in total. The van der Waals surface area contributed by atoms with Gasteiger partial charge in [-0.1, -0.05) is 30.7 Å². The van der Waals surface area contributed by atoms with Crippen LogP contribution >= 0.6 is 11.8 Å². The lowest BCUT2D eigenvalue weighted by atomic mass is 10.1. The second-order valence-corrected chi connectivity index (χ2v) is 7.39. The van der Waals surface area contributed by atoms with Crippen LogP contribution in [0.4, 0.5) is 4.79 Å². The first-order chi connectivity index (χ1) is 12.5. The molecule has 1 fully saturated rings. The Hall–Kier alpha value is -2.35. The molecule has 0 unspecified atom stereocenters. The average molecular weight is 374 g/mol. The Bertz CT molecular complexity index is 799. The van der Waals surface area contributed by atoms with E-state index in [-0.39, 0.29) is 11.8 Å². The second-order valence-electron chi connectivity index (χ2n) is 6.46. The van der Waals surface area contributed by atoms with Gasteiger partial charge >= 0.3 is 6.03 Å². The minimum atomic E-state index is -0.441. The molecule has 8 heteroatoms. The van der Waals surface area contributed by atoms with Crippen LogP contribution in [0.5, 0.6) is 0 Å². The van der Waals surface area contributed by atoms with E-state index < -0.39 is 11.9 Å². The number of hydrogen-bond donors (Lipinski definition) is 2. The summed E-state index contributed by atoms with van der Waals surface area (Å²) in [7, 11) is 0. The first-order valence-electron chi connectivity index (χ1n) is 8.65. The highest BCUT2D eigenvalue weighted by molar-refractivity contribution is 7.99. The van der Waals surface area contributed by atoms with Crippen molar-refractivity contribution < 1.29 is 14.0 Å². The third-order valence-electron chi connectivity index (χ3n) is 4.43. The fourth-order valence-electron chi connectivity index (χ4n) is 2.84. The van der Waals surface area contributed by atoms with Crippen molar-refractivity contribution in [2.24, 2.45) is 0 Å². The highest BCUT2D eigenvalue weighted by Crippen LogP contribution is 2.24. The van der Waals surface area contributed by atoms with Gasteiger partial charge in [-0.3, -0.25) is 10.1 Å². The Balaban J connectivity index is 1.48. The van der Waals surface area contributed by atoms with Crippen molar-refractivity contribution in [1.82, 2.24) is 20.8 Å². The molecule has 1 aliphatic rings. The maximum absolute atomic E-state index is 11.9. The van der Waals surface area contributed by atoms with Crippen LogP contribution in [0.2, 0.25) is 0 Å². The first-order valence-corrected chi connectivity index (χ1v) is 9.64. The zero-order chi connectivity index (χ0) is 18.5. The van der Waals surface area contributed by atoms with Gasteiger partial charge in [-0.2, -0.15) is 0 Å². The normalized spacial score (nSPS) is 14.4. The molecule has 7 nitrogen and oxygen atoms in total. The van der Waals surface area contributed by atoms with Gasteiger partial charge in [0.15, 0.2) is 0 Å². The van der Waals surface area contributed by atoms with E-state index in [0.29, 0.717) is 11.1 Å². The monoisotopic (exact) mass is 374 g/mol. The number of aryl methyl sites for hydroxylation is 2. The average Bonchev–Trinajstić information content (AvgIpc) is 3.27. The number of nitrogens with zero attached hydrogens (tertiary/aromatic N) is 2. The SMILES string of the molecule is Cc1ccc(-c2nnc(SCC(=O)NC(=O)NC3CCCC3)o2)cc1C. The van der Waals surface area contributed by atoms with E-state index in [2.05, 4.69) is 20.8 Å². The van der Waals surface area contributed by atoms with Crippen LogP contribution in [0.3, 0.4) is 0 Å². The van der Waals surface area contributed by atoms with Crippen molar-refractivity contribution in [3.05, 3.63) is 29.3 Å². The molecule has 0 bridgehead atoms. The summed E-state index contributed by atoms with van der Waals surface area (Å²) in [6, 6.07) is 5.63. The fourth-order valence-corrected chi connectivity index (χ4v) is 3.40. The number of benzene rings is 1. The molecule has 0 atom stereocenters. The number of urea groups is 1. The summed E-state index contributed by atoms with van der Waals surface area (Å²) >= 11 is 1.10. The molecule has 2 aromatic rings. The smallest absolute Gasteiger partial charge is 0.321 e. The number of carbonyl (C=O) groups excluding carboxylic acids is 2. The lowest BCUT2D eigenvalue weighted by molar-refractivity contribution is -0.117. The molecular formula is C18H22N4O3S. The van der Waals surface area contributed by atoms with Crippen LogP contribution in [0.15, 0.2) is 27.8 Å². The highest BCUT2D eigenvalue weighted by Gasteiger charge is 2.18. The van der Waals surface area contributed by atoms with E-state index in [1.54, 1.807) is 0 Å². The number of hydrogen-bond acceptors (Lipinski definition) is 6. The molecule has 0 saturated heterocycles. The molecular weight excluding hydrogens is 352 g/mol. The van der Waals surface area contributed by atoms with Gasteiger partial charge in [-0.15, -0.1) is 10.2 Å². The van der Waals surface area contributed by atoms with Gasteiger partial charge in [0, 0.05) is 11.6 Å². The van der Waals surface area contributed by atoms with Crippen molar-refractivity contribution in [2.45, 2.75) is 50.8 Å². The maximum Gasteiger partial charge on any atom is 0.321 e. The predicted octanol–water partition coefficient (Wildman–Crippen LogP) is 3.21. The van der Waals surface area contributed by atoms with Crippen molar-refractivity contribution in [1.29, 1.82) is 0 Å². The van der Waals surface area contributed by atoms with Gasteiger partial charge in [0.1, 0.15) is 0 Å². The summed E-state index contributed by atoms with van der Waals surface area (Å²) in [5, 5.41) is 13.4. The number of amides is 3. The van der Waals surface area contributed by atoms with Crippen LogP contribution in [0, 0.1) is 13.8 Å². The molecule has 1 saturated carbocycles. The molecule has 1 aromatic heterocycles. The summed E-state index contributed by atoms with van der Waals surface area (Å²) < 4.78 is 5.59. The van der Waals surface area contributed by atoms with Gasteiger partial charge in [0.2, 0.25) is 11.8 Å². The van der Waals surface area contributed by atoms with E-state index in [1.165, 1.54) is 5.56 Å². The number of imide groups is 1. The second kappa shape index (κ2) is 8.35. The molecule has 1 aromatic carbocycles. The predicted molar refractivity (Wildman–Crippen MR) is 98.9 cm³/mol. The van der Waals surface area contributed by atoms with Gasteiger partial charge < -0.3 is 9.73 Å². The Morgan fingerprint density at radius 2 is 1.96 bits per heavy atom. The highest BCUT2D eigenvalue weighted by atomic mass is 32.2. The van der Waals surface area contributed by atoms with Crippen molar-refractivity contribution in [3.63, 3.8) is 0 Å². The zero-order valence-electron chi connectivity index (χ0n) is 14.9. The summed E-state index contributed by atoms with van der Waals surface area (Å²) in [5.74, 6) is 0.0542. The fraction of sp³-hybridized carbons (Fsp3) is 0.444. The summed E-state index contributed by atoms with van der Waals surface area (Å²) in [5.41, 5.74) is 3.17. The van der Waals surface area contributed by atoms with E-state index in [1.807, 2.05) is 32.0 Å². The van der Waals surface area contributed by atoms with Gasteiger partial charge in [-0.25, -0.2) is 4.79 Å². The summed E-state index contributed by atoms with van der Waals surface area (Å²) in [6.45, 7) is 4.06. The summed E-state index contributed by atoms with van der Waals surface area (Å²) in [4.78, 5) is 23.6. The van der Waals surface area contributed by atoms with E-state index in [4.69, 9.17) is 4.42 Å². The molecule has 0 radical (unpaired) electrons. The number of aromatic nitrogens is 2. The topological polar surface area (TPSA) is 97.1 Å². The van der Waals surface area contributed by atoms with E-state index in [0.717, 1.165) is 48.6 Å². The summed E-state index contributed by atoms with van der Waals surface area (Å²) in [6.07, 6.45) is 4.18. The third kappa shape index (κ3) is 4.85. The lowest BCUT2D eigenvalue weighted by Crippen LogP contribution is -2.44. The molecule has 1 heterocycles. The molecule has 0 spiro atoms. The standard InChI is InChI=1S/C18H22N4O3S/c1-11-7-8-13(9-12(11)2)16-21-22-18(25-16)26-10-15(23)20-17(24)19-14-5-3-4-6-14/h7-9,14H,3-6,10H2,1-2H3,(H2,19,20,23,24). The molecule has 26 heavy (non-hydrogen) atoms. The van der Waals surface area contributed by atoms with Crippen molar-refractivity contribution in [3.8, 4) is 11.5 Å². The molecule has 138 valence electrons. The van der Waals surface area contributed by atoms with Crippen molar-refractivity contribution >= 4 is 23.7 Å². The lowest BCUT2D eigenvalue weighted by Gasteiger charge is -2.11. The Morgan fingerprint density at radius 1 is 1.19 bits per heavy atom. The van der Waals surface area contributed by atoms with E-state index in [9.17, 15) is 9.59 Å². The number of carbonyl (C=O) groups is 2. The van der Waals surface area contributed by atoms with Crippen LogP contribution in [-0.2, 0) is 4.79 Å². The number of thioether (sulfide) groups is 1. The first kappa shape index (κ1) is 18.4. The van der Waals surface area contributed by atoms with Crippen molar-refractivity contribution in [2.75, 3.05) is 5.75 Å². The zero-order valence-corrected chi connectivity index (χ0v) is 15.7. The molecule has 3 amide bonds. The van der Waals surface area contributed by atoms with Gasteiger partial charge in [0.25, 0.3) is 5.22 Å². The number of rotatable bonds is 5. The van der Waals surface area contributed by atoms with Gasteiger partial charge in [0.05, 0.1) is 5.75 Å². The largest absolute Gasteiger partial charge is 0.411 e.